The van der Waals surface area contributed by atoms with Crippen LogP contribution in [-0.4, -0.2) is 70.7 Å². The normalized spacial score (nSPS) is 24.8. The third-order valence-corrected chi connectivity index (χ3v) is 5.76. The molecule has 0 radical (unpaired) electrons. The molecule has 0 unspecified atom stereocenters. The van der Waals surface area contributed by atoms with E-state index in [1.165, 1.54) is 0 Å². The van der Waals surface area contributed by atoms with E-state index in [0.717, 1.165) is 5.46 Å². The van der Waals surface area contributed by atoms with Gasteiger partial charge in [-0.25, -0.2) is 9.97 Å². The summed E-state index contributed by atoms with van der Waals surface area (Å²) < 4.78 is 12.1. The van der Waals surface area contributed by atoms with Gasteiger partial charge in [0.2, 0.25) is 11.9 Å². The first-order chi connectivity index (χ1) is 12.1. The highest BCUT2D eigenvalue weighted by atomic mass is 35.5. The summed E-state index contributed by atoms with van der Waals surface area (Å²) >= 11 is 5.67. The van der Waals surface area contributed by atoms with E-state index in [0.29, 0.717) is 25.6 Å². The third-order valence-electron chi connectivity index (χ3n) is 5.53. The van der Waals surface area contributed by atoms with Crippen LogP contribution in [0.2, 0.25) is 0 Å². The Morgan fingerprint density at radius 2 is 1.81 bits per heavy atom. The Morgan fingerprint density at radius 1 is 1.23 bits per heavy atom. The molecule has 7 nitrogen and oxygen atoms in total. The van der Waals surface area contributed by atoms with Crippen LogP contribution < -0.4 is 10.4 Å². The molecule has 1 aromatic heterocycles. The van der Waals surface area contributed by atoms with Crippen molar-refractivity contribution < 1.29 is 14.1 Å². The summed E-state index contributed by atoms with van der Waals surface area (Å²) in [6, 6.07) is 0.0707. The Hall–Kier alpha value is -1.38. The molecule has 2 aliphatic heterocycles. The predicted octanol–water partition coefficient (Wildman–Crippen LogP) is 1.05. The molecule has 1 atom stereocenters. The van der Waals surface area contributed by atoms with E-state index in [9.17, 15) is 4.79 Å². The number of anilines is 1. The minimum absolute atomic E-state index is 0.0175. The zero-order valence-electron chi connectivity index (χ0n) is 16.0. The smallest absolute Gasteiger partial charge is 0.399 e. The van der Waals surface area contributed by atoms with Gasteiger partial charge in [-0.05, 0) is 34.6 Å². The first-order valence-corrected chi connectivity index (χ1v) is 9.46. The van der Waals surface area contributed by atoms with Gasteiger partial charge in [0.1, 0.15) is 5.88 Å². The number of piperazine rings is 1. The van der Waals surface area contributed by atoms with Crippen molar-refractivity contribution in [1.82, 2.24) is 14.9 Å². The summed E-state index contributed by atoms with van der Waals surface area (Å²) in [6.45, 7) is 12.1. The molecule has 0 aliphatic carbocycles. The van der Waals surface area contributed by atoms with E-state index < -0.39 is 18.3 Å². The monoisotopic (exact) mass is 380 g/mol. The number of rotatable bonds is 3. The molecule has 26 heavy (non-hydrogen) atoms. The maximum Gasteiger partial charge on any atom is 0.498 e. The van der Waals surface area contributed by atoms with Crippen molar-refractivity contribution >= 4 is 36.0 Å². The molecule has 2 aliphatic rings. The number of aromatic nitrogens is 2. The second-order valence-electron chi connectivity index (χ2n) is 7.92. The van der Waals surface area contributed by atoms with Crippen LogP contribution in [0.3, 0.4) is 0 Å². The Bertz CT molecular complexity index is 654. The van der Waals surface area contributed by atoms with Crippen molar-refractivity contribution in [1.29, 1.82) is 0 Å². The van der Waals surface area contributed by atoms with Crippen LogP contribution in [0.1, 0.15) is 34.6 Å². The first-order valence-electron chi connectivity index (χ1n) is 8.92. The number of alkyl halides is 1. The maximum atomic E-state index is 11.8. The summed E-state index contributed by atoms with van der Waals surface area (Å²) in [6.07, 6.45) is 3.51. The molecule has 3 heterocycles. The van der Waals surface area contributed by atoms with Crippen LogP contribution in [0.25, 0.3) is 0 Å². The second kappa shape index (κ2) is 6.98. The van der Waals surface area contributed by atoms with Gasteiger partial charge in [-0.1, -0.05) is 0 Å². The Labute approximate surface area is 160 Å². The number of carbonyl (C=O) groups excluding carboxylic acids is 1. The minimum Gasteiger partial charge on any atom is -0.399 e. The summed E-state index contributed by atoms with van der Waals surface area (Å²) in [5.74, 6) is 0.634. The summed E-state index contributed by atoms with van der Waals surface area (Å²) in [5, 5.41) is 0. The van der Waals surface area contributed by atoms with Gasteiger partial charge >= 0.3 is 7.12 Å². The highest BCUT2D eigenvalue weighted by molar-refractivity contribution is 6.61. The van der Waals surface area contributed by atoms with Gasteiger partial charge in [0.05, 0.1) is 11.2 Å². The van der Waals surface area contributed by atoms with Gasteiger partial charge in [-0.2, -0.15) is 0 Å². The molecule has 1 aromatic rings. The van der Waals surface area contributed by atoms with Crippen molar-refractivity contribution in [2.75, 3.05) is 30.4 Å². The fraction of sp³-hybridized carbons (Fsp3) is 0.706. The molecular weight excluding hydrogens is 354 g/mol. The van der Waals surface area contributed by atoms with Crippen molar-refractivity contribution in [2.24, 2.45) is 0 Å². The fourth-order valence-electron chi connectivity index (χ4n) is 3.18. The van der Waals surface area contributed by atoms with Crippen LogP contribution >= 0.6 is 11.6 Å². The van der Waals surface area contributed by atoms with E-state index in [1.54, 1.807) is 12.4 Å². The summed E-state index contributed by atoms with van der Waals surface area (Å²) in [5.41, 5.74) is 0.0186. The van der Waals surface area contributed by atoms with Crippen molar-refractivity contribution in [2.45, 2.75) is 51.9 Å². The van der Waals surface area contributed by atoms with Crippen LogP contribution in [-0.2, 0) is 14.1 Å². The average Bonchev–Trinajstić information content (AvgIpc) is 2.82. The highest BCUT2D eigenvalue weighted by Crippen LogP contribution is 2.36. The van der Waals surface area contributed by atoms with E-state index in [1.807, 2.05) is 39.5 Å². The van der Waals surface area contributed by atoms with E-state index >= 15 is 0 Å². The van der Waals surface area contributed by atoms with Crippen LogP contribution in [0.5, 0.6) is 0 Å². The lowest BCUT2D eigenvalue weighted by molar-refractivity contribution is -0.130. The number of hydrogen-bond donors (Lipinski definition) is 0. The number of nitrogens with zero attached hydrogens (tertiary/aromatic N) is 4. The Balaban J connectivity index is 1.67. The summed E-state index contributed by atoms with van der Waals surface area (Å²) in [7, 11) is -0.467. The van der Waals surface area contributed by atoms with Gasteiger partial charge in [0, 0.05) is 43.5 Å². The largest absolute Gasteiger partial charge is 0.498 e. The SMILES string of the molecule is C[C@@H]1CN(c2ncc(B3OC(C)(C)C(C)(C)O3)cn2)CCN1C(=O)CCl. The van der Waals surface area contributed by atoms with Crippen LogP contribution in [0.4, 0.5) is 5.95 Å². The molecule has 142 valence electrons. The molecule has 1 amide bonds. The zero-order valence-corrected chi connectivity index (χ0v) is 16.8. The van der Waals surface area contributed by atoms with Crippen molar-refractivity contribution in [3.63, 3.8) is 0 Å². The Morgan fingerprint density at radius 3 is 2.31 bits per heavy atom. The van der Waals surface area contributed by atoms with Gasteiger partial charge in [-0.15, -0.1) is 11.6 Å². The average molecular weight is 381 g/mol. The van der Waals surface area contributed by atoms with Gasteiger partial charge in [0.15, 0.2) is 0 Å². The van der Waals surface area contributed by atoms with Crippen molar-refractivity contribution in [3.05, 3.63) is 12.4 Å². The summed E-state index contributed by atoms with van der Waals surface area (Å²) in [4.78, 5) is 24.7. The topological polar surface area (TPSA) is 67.8 Å². The number of hydrogen-bond acceptors (Lipinski definition) is 6. The third kappa shape index (κ3) is 3.55. The standard InChI is InChI=1S/C17H26BClN4O3/c1-12-11-22(6-7-23(12)14(24)8-19)15-20-9-13(10-21-15)18-25-16(2,3)17(4,5)26-18/h9-10,12H,6-8,11H2,1-5H3/t12-/m1/s1. The lowest BCUT2D eigenvalue weighted by atomic mass is 9.81. The van der Waals surface area contributed by atoms with Crippen LogP contribution in [0, 0.1) is 0 Å². The molecule has 0 bridgehead atoms. The molecule has 0 spiro atoms. The molecule has 9 heteroatoms. The van der Waals surface area contributed by atoms with E-state index in [2.05, 4.69) is 14.9 Å². The van der Waals surface area contributed by atoms with Crippen molar-refractivity contribution in [3.8, 4) is 0 Å². The minimum atomic E-state index is -0.467. The van der Waals surface area contributed by atoms with Gasteiger partial charge in [0.25, 0.3) is 0 Å². The molecule has 2 fully saturated rings. The highest BCUT2D eigenvalue weighted by Gasteiger charge is 2.52. The van der Waals surface area contributed by atoms with Crippen LogP contribution in [0.15, 0.2) is 12.4 Å². The molecular formula is C17H26BClN4O3. The second-order valence-corrected chi connectivity index (χ2v) is 8.19. The lowest BCUT2D eigenvalue weighted by Gasteiger charge is -2.39. The number of halogens is 1. The maximum absolute atomic E-state index is 11.8. The number of amides is 1. The Kier molecular flexibility index (Phi) is 5.20. The van der Waals surface area contributed by atoms with E-state index in [4.69, 9.17) is 20.9 Å². The molecule has 3 rings (SSSR count). The fourth-order valence-corrected chi connectivity index (χ4v) is 3.34. The molecule has 0 N–H and O–H groups in total. The first kappa shape index (κ1) is 19.4. The quantitative estimate of drug-likeness (QED) is 0.577. The number of carbonyl (C=O) groups is 1. The van der Waals surface area contributed by atoms with Gasteiger partial charge in [-0.3, -0.25) is 4.79 Å². The predicted molar refractivity (Wildman–Crippen MR) is 102 cm³/mol. The molecule has 0 saturated carbocycles. The molecule has 0 aromatic carbocycles. The van der Waals surface area contributed by atoms with Gasteiger partial charge < -0.3 is 19.1 Å². The van der Waals surface area contributed by atoms with E-state index in [-0.39, 0.29) is 17.8 Å². The lowest BCUT2D eigenvalue weighted by Crippen LogP contribution is -2.55. The zero-order chi connectivity index (χ0) is 19.1. The molecule has 2 saturated heterocycles.